The molecule has 53 heavy (non-hydrogen) atoms. The lowest BCUT2D eigenvalue weighted by Crippen LogP contribution is -1.96. The lowest BCUT2D eigenvalue weighted by atomic mass is 9.85. The molecule has 9 aromatic carbocycles. The van der Waals surface area contributed by atoms with E-state index >= 15 is 0 Å². The van der Waals surface area contributed by atoms with Gasteiger partial charge in [-0.3, -0.25) is 0 Å². The van der Waals surface area contributed by atoms with Gasteiger partial charge >= 0.3 is 0 Å². The summed E-state index contributed by atoms with van der Waals surface area (Å²) in [6.07, 6.45) is 0. The van der Waals surface area contributed by atoms with E-state index in [1.54, 1.807) is 0 Å². The minimum atomic E-state index is 0.730. The van der Waals surface area contributed by atoms with Crippen molar-refractivity contribution in [2.45, 2.75) is 6.92 Å². The largest absolute Gasteiger partial charge is 0.397 e. The molecule has 0 bridgehead atoms. The molecule has 0 aliphatic rings. The monoisotopic (exact) mass is 682 g/mol. The van der Waals surface area contributed by atoms with E-state index in [2.05, 4.69) is 189 Å². The van der Waals surface area contributed by atoms with Crippen LogP contribution in [0.2, 0.25) is 0 Å². The van der Waals surface area contributed by atoms with Crippen LogP contribution in [0.3, 0.4) is 0 Å². The number of fused-ring (bicyclic) bond motifs is 3. The number of nitrogen functional groups attached to an aromatic ring is 1. The van der Waals surface area contributed by atoms with Gasteiger partial charge in [-0.1, -0.05) is 169 Å². The third kappa shape index (κ3) is 7.44. The van der Waals surface area contributed by atoms with Crippen LogP contribution in [0.4, 0.5) is 17.1 Å². The number of nitrogens with one attached hydrogen (secondary N) is 1. The Morgan fingerprint density at radius 3 is 1.49 bits per heavy atom. The molecule has 0 atom stereocenters. The molecule has 0 saturated carbocycles. The smallest absolute Gasteiger partial charge is 0.0617 e. The second-order valence-electron chi connectivity index (χ2n) is 12.9. The van der Waals surface area contributed by atoms with Gasteiger partial charge < -0.3 is 11.1 Å². The zero-order valence-electron chi connectivity index (χ0n) is 30.0. The topological polar surface area (TPSA) is 38.0 Å². The average molecular weight is 683 g/mol. The van der Waals surface area contributed by atoms with Gasteiger partial charge in [0.05, 0.1) is 11.4 Å². The third-order valence-electron chi connectivity index (χ3n) is 9.52. The molecule has 0 aliphatic carbocycles. The Hall–Kier alpha value is -6.90. The van der Waals surface area contributed by atoms with E-state index in [0.717, 1.165) is 17.1 Å². The molecule has 2 heteroatoms. The summed E-state index contributed by atoms with van der Waals surface area (Å²) in [4.78, 5) is 0. The molecule has 0 aromatic heterocycles. The van der Waals surface area contributed by atoms with Gasteiger partial charge in [-0.15, -0.1) is 13.2 Å². The van der Waals surface area contributed by atoms with Crippen LogP contribution in [0.1, 0.15) is 5.56 Å². The Bertz CT molecular complexity index is 2580. The van der Waals surface area contributed by atoms with E-state index in [1.165, 1.54) is 71.3 Å². The Morgan fingerprint density at radius 1 is 0.396 bits per heavy atom. The summed E-state index contributed by atoms with van der Waals surface area (Å²) in [5.41, 5.74) is 17.6. The molecule has 9 rings (SSSR count). The number of hydrogen-bond donors (Lipinski definition) is 2. The summed E-state index contributed by atoms with van der Waals surface area (Å²) in [7, 11) is 0. The third-order valence-corrected chi connectivity index (χ3v) is 9.52. The van der Waals surface area contributed by atoms with Crippen molar-refractivity contribution < 1.29 is 0 Å². The zero-order valence-corrected chi connectivity index (χ0v) is 30.0. The first-order chi connectivity index (χ1) is 26.1. The Morgan fingerprint density at radius 2 is 0.868 bits per heavy atom. The first-order valence-electron chi connectivity index (χ1n) is 17.9. The van der Waals surface area contributed by atoms with E-state index in [1.807, 2.05) is 30.3 Å². The minimum absolute atomic E-state index is 0.730. The average Bonchev–Trinajstić information content (AvgIpc) is 3.22. The van der Waals surface area contributed by atoms with Gasteiger partial charge in [0.15, 0.2) is 0 Å². The fourth-order valence-electron chi connectivity index (χ4n) is 6.99. The summed E-state index contributed by atoms with van der Waals surface area (Å²) in [6, 6.07) is 68.4. The van der Waals surface area contributed by atoms with Gasteiger partial charge in [-0.2, -0.15) is 0 Å². The predicted molar refractivity (Wildman–Crippen MR) is 232 cm³/mol. The van der Waals surface area contributed by atoms with Crippen molar-refractivity contribution >= 4 is 49.4 Å². The summed E-state index contributed by atoms with van der Waals surface area (Å²) < 4.78 is 0. The summed E-state index contributed by atoms with van der Waals surface area (Å²) in [5, 5.41) is 11.0. The lowest BCUT2D eigenvalue weighted by Gasteiger charge is -2.18. The normalized spacial score (nSPS) is 10.6. The maximum Gasteiger partial charge on any atom is 0.0617 e. The first-order valence-corrected chi connectivity index (χ1v) is 17.9. The summed E-state index contributed by atoms with van der Waals surface area (Å²) in [5.74, 6) is 0. The number of rotatable bonds is 5. The van der Waals surface area contributed by atoms with Gasteiger partial charge in [0.25, 0.3) is 0 Å². The van der Waals surface area contributed by atoms with Crippen molar-refractivity contribution in [3.8, 4) is 33.4 Å². The highest BCUT2D eigenvalue weighted by Gasteiger charge is 2.17. The molecule has 0 spiro atoms. The van der Waals surface area contributed by atoms with Crippen LogP contribution < -0.4 is 11.1 Å². The molecule has 0 heterocycles. The maximum atomic E-state index is 6.21. The number of benzene rings is 9. The van der Waals surface area contributed by atoms with E-state index < -0.39 is 0 Å². The summed E-state index contributed by atoms with van der Waals surface area (Å²) in [6.45, 7) is 8.11. The van der Waals surface area contributed by atoms with E-state index in [0.29, 0.717) is 0 Å². The molecule has 0 radical (unpaired) electrons. The molecule has 0 saturated heterocycles. The van der Waals surface area contributed by atoms with Crippen molar-refractivity contribution in [3.63, 3.8) is 0 Å². The number of nitrogens with two attached hydrogens (primary N) is 1. The number of hydrogen-bond acceptors (Lipinski definition) is 2. The number of para-hydroxylation sites is 2. The fourth-order valence-corrected chi connectivity index (χ4v) is 6.99. The molecule has 0 amide bonds. The standard InChI is InChI=1S/C36H26N2.C13H12.C2H4/c37-33-18-7-8-19-34(33)38-28-13-9-12-26(23-28)35-29-14-3-5-16-31(29)36(32-17-6-4-15-30(32)35)27-21-20-24-10-1-2-11-25(24)22-27;1-11-7-9-13(10-8-11)12-5-3-2-4-6-12;1-2/h1-23,38H,37H2;2-10H,1H3;1-2H2. The van der Waals surface area contributed by atoms with Crippen molar-refractivity contribution in [1.82, 2.24) is 0 Å². The molecule has 0 fully saturated rings. The van der Waals surface area contributed by atoms with Gasteiger partial charge in [0, 0.05) is 5.69 Å². The minimum Gasteiger partial charge on any atom is -0.397 e. The number of aryl methyl sites for hydroxylation is 1. The Labute approximate surface area is 312 Å². The fraction of sp³-hybridized carbons (Fsp3) is 0.0196. The Balaban J connectivity index is 0.000000244. The van der Waals surface area contributed by atoms with Crippen LogP contribution in [0, 0.1) is 6.92 Å². The van der Waals surface area contributed by atoms with Crippen molar-refractivity contribution in [2.24, 2.45) is 0 Å². The number of anilines is 3. The second-order valence-corrected chi connectivity index (χ2v) is 12.9. The van der Waals surface area contributed by atoms with E-state index in [-0.39, 0.29) is 0 Å². The highest BCUT2D eigenvalue weighted by Crippen LogP contribution is 2.44. The first kappa shape index (κ1) is 34.5. The quantitative estimate of drug-likeness (QED) is 0.108. The summed E-state index contributed by atoms with van der Waals surface area (Å²) >= 11 is 0. The Kier molecular flexibility index (Phi) is 10.4. The lowest BCUT2D eigenvalue weighted by molar-refractivity contribution is 1.47. The van der Waals surface area contributed by atoms with Crippen molar-refractivity contribution in [1.29, 1.82) is 0 Å². The molecule has 3 N–H and O–H groups in total. The van der Waals surface area contributed by atoms with Gasteiger partial charge in [0.1, 0.15) is 0 Å². The molecule has 9 aromatic rings. The van der Waals surface area contributed by atoms with Crippen LogP contribution in [0.25, 0.3) is 65.7 Å². The van der Waals surface area contributed by atoms with Crippen LogP contribution in [0.5, 0.6) is 0 Å². The maximum absolute atomic E-state index is 6.21. The highest BCUT2D eigenvalue weighted by molar-refractivity contribution is 6.21. The molecular formula is C51H42N2. The van der Waals surface area contributed by atoms with E-state index in [9.17, 15) is 0 Å². The van der Waals surface area contributed by atoms with Gasteiger partial charge in [-0.05, 0) is 103 Å². The van der Waals surface area contributed by atoms with E-state index in [4.69, 9.17) is 5.73 Å². The highest BCUT2D eigenvalue weighted by atomic mass is 14.9. The molecule has 0 aliphatic heterocycles. The predicted octanol–water partition coefficient (Wildman–Crippen LogP) is 14.3. The van der Waals surface area contributed by atoms with Crippen molar-refractivity contribution in [3.05, 3.63) is 213 Å². The molecule has 0 unspecified atom stereocenters. The van der Waals surface area contributed by atoms with Gasteiger partial charge in [-0.25, -0.2) is 0 Å². The van der Waals surface area contributed by atoms with Gasteiger partial charge in [0.2, 0.25) is 0 Å². The molecule has 2 nitrogen and oxygen atoms in total. The van der Waals surface area contributed by atoms with Crippen molar-refractivity contribution in [2.75, 3.05) is 11.1 Å². The van der Waals surface area contributed by atoms with Crippen LogP contribution in [-0.4, -0.2) is 0 Å². The van der Waals surface area contributed by atoms with Crippen LogP contribution >= 0.6 is 0 Å². The van der Waals surface area contributed by atoms with Crippen LogP contribution in [-0.2, 0) is 0 Å². The SMILES string of the molecule is C=C.Cc1ccc(-c2ccccc2)cc1.Nc1ccccc1Nc1cccc(-c2c3ccccc3c(-c3ccc4ccccc4c3)c3ccccc23)c1. The van der Waals surface area contributed by atoms with Crippen LogP contribution in [0.15, 0.2) is 207 Å². The molecular weight excluding hydrogens is 641 g/mol. The second kappa shape index (κ2) is 16.0. The zero-order chi connectivity index (χ0) is 36.6. The molecule has 256 valence electrons.